The molecule has 0 aliphatic carbocycles. The Morgan fingerprint density at radius 2 is 2.13 bits per heavy atom. The maximum atomic E-state index is 13.1. The first-order chi connectivity index (χ1) is 14.6. The Kier molecular flexibility index (Phi) is 6.24. The molecule has 1 aromatic carbocycles. The number of piperazine rings is 1. The van der Waals surface area contributed by atoms with Crippen LogP contribution in [0.2, 0.25) is 5.02 Å². The van der Waals surface area contributed by atoms with Gasteiger partial charge in [-0.2, -0.15) is 4.98 Å². The third kappa shape index (κ3) is 4.29. The summed E-state index contributed by atoms with van der Waals surface area (Å²) in [6.07, 6.45) is 5.21. The number of carbonyl (C=O) groups excluding carboxylic acids is 1. The van der Waals surface area contributed by atoms with Crippen LogP contribution in [-0.4, -0.2) is 72.1 Å². The van der Waals surface area contributed by atoms with Crippen molar-refractivity contribution in [3.63, 3.8) is 0 Å². The molecule has 8 nitrogen and oxygen atoms in total. The molecule has 2 saturated heterocycles. The van der Waals surface area contributed by atoms with Crippen LogP contribution in [0.15, 0.2) is 24.4 Å². The minimum absolute atomic E-state index is 0.0466. The fourth-order valence-corrected chi connectivity index (χ4v) is 4.36. The number of nitrogens with one attached hydrogen (secondary N) is 2. The SMILES string of the molecule is CNc1nc(Nc2ccc(C(=O)N3CCN4CCCCC4C3)cc2OC)ncc1Cl. The van der Waals surface area contributed by atoms with Crippen molar-refractivity contribution in [1.29, 1.82) is 0 Å². The van der Waals surface area contributed by atoms with Crippen molar-refractivity contribution in [3.05, 3.63) is 35.0 Å². The molecule has 1 amide bonds. The number of fused-ring (bicyclic) bond motifs is 1. The quantitative estimate of drug-likeness (QED) is 0.753. The Balaban J connectivity index is 1.50. The lowest BCUT2D eigenvalue weighted by molar-refractivity contribution is 0.0372. The van der Waals surface area contributed by atoms with E-state index in [0.717, 1.165) is 26.2 Å². The number of methoxy groups -OCH3 is 1. The van der Waals surface area contributed by atoms with E-state index in [0.29, 0.717) is 39.8 Å². The molecule has 2 aliphatic heterocycles. The van der Waals surface area contributed by atoms with Crippen LogP contribution in [0.1, 0.15) is 29.6 Å². The van der Waals surface area contributed by atoms with Gasteiger partial charge in [-0.05, 0) is 37.6 Å². The fourth-order valence-electron chi connectivity index (χ4n) is 4.17. The van der Waals surface area contributed by atoms with E-state index in [-0.39, 0.29) is 5.91 Å². The van der Waals surface area contributed by atoms with Gasteiger partial charge in [-0.1, -0.05) is 18.0 Å². The Morgan fingerprint density at radius 1 is 1.27 bits per heavy atom. The summed E-state index contributed by atoms with van der Waals surface area (Å²) in [6, 6.07) is 5.89. The number of carbonyl (C=O) groups is 1. The zero-order valence-electron chi connectivity index (χ0n) is 17.3. The van der Waals surface area contributed by atoms with E-state index in [4.69, 9.17) is 16.3 Å². The van der Waals surface area contributed by atoms with Gasteiger partial charge in [-0.25, -0.2) is 4.98 Å². The van der Waals surface area contributed by atoms with Gasteiger partial charge in [-0.15, -0.1) is 0 Å². The molecular formula is C21H27ClN6O2. The number of amides is 1. The number of piperidine rings is 1. The highest BCUT2D eigenvalue weighted by atomic mass is 35.5. The highest BCUT2D eigenvalue weighted by molar-refractivity contribution is 6.32. The highest BCUT2D eigenvalue weighted by Crippen LogP contribution is 2.30. The average Bonchev–Trinajstić information content (AvgIpc) is 2.79. The molecule has 0 spiro atoms. The van der Waals surface area contributed by atoms with Crippen molar-refractivity contribution in [1.82, 2.24) is 19.8 Å². The number of hydrogen-bond donors (Lipinski definition) is 2. The summed E-state index contributed by atoms with van der Waals surface area (Å²) in [5, 5.41) is 6.49. The van der Waals surface area contributed by atoms with Crippen LogP contribution in [0.5, 0.6) is 5.75 Å². The van der Waals surface area contributed by atoms with Crippen molar-refractivity contribution in [3.8, 4) is 5.75 Å². The lowest BCUT2D eigenvalue weighted by Crippen LogP contribution is -2.56. The van der Waals surface area contributed by atoms with Gasteiger partial charge >= 0.3 is 0 Å². The minimum Gasteiger partial charge on any atom is -0.495 e. The molecule has 9 heteroatoms. The molecule has 0 bridgehead atoms. The maximum Gasteiger partial charge on any atom is 0.254 e. The van der Waals surface area contributed by atoms with Crippen molar-refractivity contribution < 1.29 is 9.53 Å². The van der Waals surface area contributed by atoms with E-state index < -0.39 is 0 Å². The third-order valence-electron chi connectivity index (χ3n) is 5.80. The number of halogens is 1. The van der Waals surface area contributed by atoms with E-state index in [9.17, 15) is 4.79 Å². The molecule has 0 saturated carbocycles. The van der Waals surface area contributed by atoms with Crippen molar-refractivity contribution in [2.24, 2.45) is 0 Å². The minimum atomic E-state index is 0.0466. The molecule has 2 fully saturated rings. The summed E-state index contributed by atoms with van der Waals surface area (Å²) in [7, 11) is 3.32. The van der Waals surface area contributed by atoms with E-state index in [1.54, 1.807) is 20.2 Å². The first-order valence-corrected chi connectivity index (χ1v) is 10.7. The number of benzene rings is 1. The number of anilines is 3. The van der Waals surface area contributed by atoms with Gasteiger partial charge in [0.1, 0.15) is 16.6 Å². The first-order valence-electron chi connectivity index (χ1n) is 10.3. The van der Waals surface area contributed by atoms with E-state index in [2.05, 4.69) is 25.5 Å². The number of hydrogen-bond acceptors (Lipinski definition) is 7. The van der Waals surface area contributed by atoms with Crippen LogP contribution < -0.4 is 15.4 Å². The topological polar surface area (TPSA) is 82.6 Å². The molecule has 1 atom stereocenters. The Morgan fingerprint density at radius 3 is 2.93 bits per heavy atom. The summed E-state index contributed by atoms with van der Waals surface area (Å²) in [6.45, 7) is 3.67. The number of rotatable bonds is 5. The standard InChI is InChI=1S/C21H27ClN6O2/c1-23-19-16(22)12-24-21(26-19)25-17-7-6-14(11-18(17)30-2)20(29)28-10-9-27-8-4-3-5-15(27)13-28/h6-7,11-12,15H,3-5,8-10,13H2,1-2H3,(H2,23,24,25,26). The van der Waals surface area contributed by atoms with Gasteiger partial charge in [0.25, 0.3) is 5.91 Å². The third-order valence-corrected chi connectivity index (χ3v) is 6.08. The average molecular weight is 431 g/mol. The second-order valence-corrected chi connectivity index (χ2v) is 8.02. The Hall–Kier alpha value is -2.58. The highest BCUT2D eigenvalue weighted by Gasteiger charge is 2.31. The van der Waals surface area contributed by atoms with Crippen molar-refractivity contribution >= 4 is 35.0 Å². The summed E-state index contributed by atoms with van der Waals surface area (Å²) >= 11 is 6.04. The van der Waals surface area contributed by atoms with Crippen LogP contribution in [0.25, 0.3) is 0 Å². The monoisotopic (exact) mass is 430 g/mol. The fraction of sp³-hybridized carbons (Fsp3) is 0.476. The van der Waals surface area contributed by atoms with Crippen LogP contribution in [0, 0.1) is 0 Å². The van der Waals surface area contributed by atoms with Gasteiger partial charge in [0.05, 0.1) is 19.0 Å². The van der Waals surface area contributed by atoms with Crippen LogP contribution in [-0.2, 0) is 0 Å². The normalized spacial score (nSPS) is 19.2. The Labute approximate surface area is 181 Å². The summed E-state index contributed by atoms with van der Waals surface area (Å²) in [5.41, 5.74) is 1.30. The zero-order valence-corrected chi connectivity index (χ0v) is 18.1. The molecule has 2 aromatic rings. The van der Waals surface area contributed by atoms with Gasteiger partial charge in [0, 0.05) is 38.3 Å². The predicted molar refractivity (Wildman–Crippen MR) is 118 cm³/mol. The first kappa shape index (κ1) is 20.7. The molecule has 0 radical (unpaired) electrons. The molecule has 160 valence electrons. The van der Waals surface area contributed by atoms with Crippen LogP contribution in [0.3, 0.4) is 0 Å². The largest absolute Gasteiger partial charge is 0.495 e. The lowest BCUT2D eigenvalue weighted by atomic mass is 9.99. The molecule has 3 heterocycles. The molecular weight excluding hydrogens is 404 g/mol. The maximum absolute atomic E-state index is 13.1. The van der Waals surface area contributed by atoms with Crippen molar-refractivity contribution in [2.45, 2.75) is 25.3 Å². The summed E-state index contributed by atoms with van der Waals surface area (Å²) in [4.78, 5) is 26.1. The second kappa shape index (κ2) is 9.06. The molecule has 30 heavy (non-hydrogen) atoms. The molecule has 1 unspecified atom stereocenters. The number of aromatic nitrogens is 2. The molecule has 2 N–H and O–H groups in total. The number of nitrogens with zero attached hydrogens (tertiary/aromatic N) is 4. The molecule has 4 rings (SSSR count). The van der Waals surface area contributed by atoms with Gasteiger partial charge in [0.15, 0.2) is 0 Å². The Bertz CT molecular complexity index is 924. The summed E-state index contributed by atoms with van der Waals surface area (Å²) in [5.74, 6) is 1.52. The van der Waals surface area contributed by atoms with Gasteiger partial charge < -0.3 is 20.3 Å². The zero-order chi connectivity index (χ0) is 21.1. The lowest BCUT2D eigenvalue weighted by Gasteiger charge is -2.44. The van der Waals surface area contributed by atoms with E-state index in [1.165, 1.54) is 25.5 Å². The van der Waals surface area contributed by atoms with E-state index in [1.807, 2.05) is 17.0 Å². The second-order valence-electron chi connectivity index (χ2n) is 7.62. The smallest absolute Gasteiger partial charge is 0.254 e. The van der Waals surface area contributed by atoms with Gasteiger partial charge in [-0.3, -0.25) is 9.69 Å². The number of ether oxygens (including phenoxy) is 1. The van der Waals surface area contributed by atoms with Crippen molar-refractivity contribution in [2.75, 3.05) is 51.0 Å². The van der Waals surface area contributed by atoms with Gasteiger partial charge in [0.2, 0.25) is 5.95 Å². The van der Waals surface area contributed by atoms with E-state index >= 15 is 0 Å². The van der Waals surface area contributed by atoms with Crippen LogP contribution >= 0.6 is 11.6 Å². The molecule has 1 aromatic heterocycles. The summed E-state index contributed by atoms with van der Waals surface area (Å²) < 4.78 is 5.52. The molecule has 2 aliphatic rings. The van der Waals surface area contributed by atoms with Crippen LogP contribution in [0.4, 0.5) is 17.5 Å². The predicted octanol–water partition coefficient (Wildman–Crippen LogP) is 3.23.